The topological polar surface area (TPSA) is 94.6 Å². The third-order valence-corrected chi connectivity index (χ3v) is 3.96. The van der Waals surface area contributed by atoms with Crippen molar-refractivity contribution >= 4 is 34.2 Å². The number of carbonyl (C=O) groups is 1. The van der Waals surface area contributed by atoms with Gasteiger partial charge in [-0.3, -0.25) is 5.32 Å². The van der Waals surface area contributed by atoms with E-state index in [1.807, 2.05) is 51.1 Å². The van der Waals surface area contributed by atoms with Gasteiger partial charge in [0, 0.05) is 29.9 Å². The Morgan fingerprint density at radius 3 is 2.43 bits per heavy atom. The van der Waals surface area contributed by atoms with E-state index >= 15 is 0 Å². The molecule has 1 amide bonds. The van der Waals surface area contributed by atoms with E-state index in [1.165, 1.54) is 6.33 Å². The molecule has 0 atom stereocenters. The molecule has 0 saturated carbocycles. The Hall–Kier alpha value is -3.39. The molecular formula is C22H26N4O4. The number of ether oxygens (including phenoxy) is 3. The van der Waals surface area contributed by atoms with E-state index in [9.17, 15) is 4.79 Å². The van der Waals surface area contributed by atoms with Gasteiger partial charge in [0.15, 0.2) is 0 Å². The molecule has 30 heavy (non-hydrogen) atoms. The highest BCUT2D eigenvalue weighted by molar-refractivity contribution is 5.91. The van der Waals surface area contributed by atoms with E-state index < -0.39 is 11.7 Å². The first-order valence-corrected chi connectivity index (χ1v) is 9.58. The van der Waals surface area contributed by atoms with E-state index in [1.54, 1.807) is 19.2 Å². The van der Waals surface area contributed by atoms with E-state index in [0.29, 0.717) is 24.7 Å². The molecule has 0 aliphatic heterocycles. The highest BCUT2D eigenvalue weighted by Gasteiger charge is 2.16. The SMILES string of the molecule is COCCOc1ccc2c(Nc3ccc(NC(=O)OC(C)(C)C)cc3)ncnc2c1. The average molecular weight is 410 g/mol. The van der Waals surface area contributed by atoms with Gasteiger partial charge in [0.25, 0.3) is 0 Å². The van der Waals surface area contributed by atoms with Crippen molar-refractivity contribution in [3.63, 3.8) is 0 Å². The van der Waals surface area contributed by atoms with E-state index in [4.69, 9.17) is 14.2 Å². The number of rotatable bonds is 7. The van der Waals surface area contributed by atoms with Crippen molar-refractivity contribution < 1.29 is 19.0 Å². The van der Waals surface area contributed by atoms with Gasteiger partial charge in [-0.15, -0.1) is 0 Å². The summed E-state index contributed by atoms with van der Waals surface area (Å²) >= 11 is 0. The molecule has 2 aromatic carbocycles. The van der Waals surface area contributed by atoms with Crippen LogP contribution in [0.5, 0.6) is 5.75 Å². The minimum atomic E-state index is -0.547. The summed E-state index contributed by atoms with van der Waals surface area (Å²) in [6.45, 7) is 6.45. The normalized spacial score (nSPS) is 11.2. The van der Waals surface area contributed by atoms with Crippen LogP contribution in [-0.4, -0.2) is 42.0 Å². The first kappa shape index (κ1) is 21.3. The number of amides is 1. The molecule has 8 nitrogen and oxygen atoms in total. The number of anilines is 3. The Balaban J connectivity index is 1.69. The lowest BCUT2D eigenvalue weighted by Crippen LogP contribution is -2.27. The molecule has 0 unspecified atom stereocenters. The van der Waals surface area contributed by atoms with Gasteiger partial charge in [-0.25, -0.2) is 14.8 Å². The molecule has 8 heteroatoms. The van der Waals surface area contributed by atoms with Crippen molar-refractivity contribution in [2.24, 2.45) is 0 Å². The molecule has 1 aromatic heterocycles. The largest absolute Gasteiger partial charge is 0.491 e. The van der Waals surface area contributed by atoms with Crippen LogP contribution in [0.15, 0.2) is 48.8 Å². The molecule has 2 N–H and O–H groups in total. The third kappa shape index (κ3) is 6.05. The van der Waals surface area contributed by atoms with Crippen molar-refractivity contribution in [2.45, 2.75) is 26.4 Å². The second-order valence-corrected chi connectivity index (χ2v) is 7.57. The molecule has 0 fully saturated rings. The fourth-order valence-electron chi connectivity index (χ4n) is 2.66. The first-order valence-electron chi connectivity index (χ1n) is 9.58. The molecular weight excluding hydrogens is 384 g/mol. The van der Waals surface area contributed by atoms with E-state index in [0.717, 1.165) is 22.3 Å². The number of benzene rings is 2. The predicted molar refractivity (Wildman–Crippen MR) is 116 cm³/mol. The smallest absolute Gasteiger partial charge is 0.412 e. The van der Waals surface area contributed by atoms with Gasteiger partial charge in [0.1, 0.15) is 30.1 Å². The second-order valence-electron chi connectivity index (χ2n) is 7.57. The monoisotopic (exact) mass is 410 g/mol. The number of hydrogen-bond acceptors (Lipinski definition) is 7. The fourth-order valence-corrected chi connectivity index (χ4v) is 2.66. The van der Waals surface area contributed by atoms with Crippen LogP contribution >= 0.6 is 0 Å². The summed E-state index contributed by atoms with van der Waals surface area (Å²) in [6.07, 6.45) is 1.01. The molecule has 3 aromatic rings. The zero-order valence-corrected chi connectivity index (χ0v) is 17.6. The zero-order chi connectivity index (χ0) is 21.6. The van der Waals surface area contributed by atoms with Crippen LogP contribution in [0.4, 0.5) is 22.0 Å². The Kier molecular flexibility index (Phi) is 6.68. The number of carbonyl (C=O) groups excluding carboxylic acids is 1. The van der Waals surface area contributed by atoms with Gasteiger partial charge in [0.2, 0.25) is 0 Å². The summed E-state index contributed by atoms with van der Waals surface area (Å²) in [5, 5.41) is 6.86. The molecule has 0 spiro atoms. The van der Waals surface area contributed by atoms with Crippen LogP contribution in [0.1, 0.15) is 20.8 Å². The maximum Gasteiger partial charge on any atom is 0.412 e. The number of aromatic nitrogens is 2. The Labute approximate surface area is 175 Å². The molecule has 3 rings (SSSR count). The van der Waals surface area contributed by atoms with E-state index in [-0.39, 0.29) is 0 Å². The number of fused-ring (bicyclic) bond motifs is 1. The molecule has 1 heterocycles. The quantitative estimate of drug-likeness (QED) is 0.543. The van der Waals surface area contributed by atoms with Crippen molar-refractivity contribution in [2.75, 3.05) is 31.0 Å². The van der Waals surface area contributed by atoms with Crippen molar-refractivity contribution in [1.82, 2.24) is 9.97 Å². The van der Waals surface area contributed by atoms with Gasteiger partial charge in [-0.05, 0) is 57.2 Å². The summed E-state index contributed by atoms with van der Waals surface area (Å²) < 4.78 is 15.9. The number of nitrogens with one attached hydrogen (secondary N) is 2. The summed E-state index contributed by atoms with van der Waals surface area (Å²) in [4.78, 5) is 20.5. The summed E-state index contributed by atoms with van der Waals surface area (Å²) in [5.41, 5.74) is 1.69. The highest BCUT2D eigenvalue weighted by atomic mass is 16.6. The van der Waals surface area contributed by atoms with Crippen LogP contribution in [0.3, 0.4) is 0 Å². The minimum Gasteiger partial charge on any atom is -0.491 e. The minimum absolute atomic E-state index is 0.474. The summed E-state index contributed by atoms with van der Waals surface area (Å²) in [6, 6.07) is 12.9. The molecule has 0 saturated heterocycles. The van der Waals surface area contributed by atoms with Crippen molar-refractivity contribution in [1.29, 1.82) is 0 Å². The standard InChI is InChI=1S/C22H26N4O4/c1-22(2,3)30-21(27)26-16-7-5-15(6-8-16)25-20-18-10-9-17(29-12-11-28-4)13-19(18)23-14-24-20/h5-10,13-14H,11-12H2,1-4H3,(H,26,27)(H,23,24,25). The lowest BCUT2D eigenvalue weighted by Gasteiger charge is -2.19. The lowest BCUT2D eigenvalue weighted by molar-refractivity contribution is 0.0636. The number of hydrogen-bond donors (Lipinski definition) is 2. The average Bonchev–Trinajstić information content (AvgIpc) is 2.68. The molecule has 0 bridgehead atoms. The zero-order valence-electron chi connectivity index (χ0n) is 17.6. The molecule has 0 radical (unpaired) electrons. The molecule has 158 valence electrons. The van der Waals surface area contributed by atoms with Crippen LogP contribution in [0, 0.1) is 0 Å². The summed E-state index contributed by atoms with van der Waals surface area (Å²) in [5.74, 6) is 1.40. The van der Waals surface area contributed by atoms with Gasteiger partial charge < -0.3 is 19.5 Å². The second kappa shape index (κ2) is 9.41. The predicted octanol–water partition coefficient (Wildman–Crippen LogP) is 4.75. The first-order chi connectivity index (χ1) is 14.3. The Bertz CT molecular complexity index is 1000. The van der Waals surface area contributed by atoms with Crippen molar-refractivity contribution in [3.05, 3.63) is 48.8 Å². The fraction of sp³-hybridized carbons (Fsp3) is 0.318. The molecule has 0 aliphatic rings. The Morgan fingerprint density at radius 2 is 1.73 bits per heavy atom. The van der Waals surface area contributed by atoms with Gasteiger partial charge >= 0.3 is 6.09 Å². The van der Waals surface area contributed by atoms with E-state index in [2.05, 4.69) is 20.6 Å². The van der Waals surface area contributed by atoms with Crippen LogP contribution < -0.4 is 15.4 Å². The maximum atomic E-state index is 11.9. The van der Waals surface area contributed by atoms with Gasteiger partial charge in [-0.1, -0.05) is 0 Å². The Morgan fingerprint density at radius 1 is 1.00 bits per heavy atom. The maximum absolute atomic E-state index is 11.9. The summed E-state index contributed by atoms with van der Waals surface area (Å²) in [7, 11) is 1.63. The van der Waals surface area contributed by atoms with Crippen LogP contribution in [0.2, 0.25) is 0 Å². The van der Waals surface area contributed by atoms with Gasteiger partial charge in [0.05, 0.1) is 12.1 Å². The van der Waals surface area contributed by atoms with Crippen LogP contribution in [0.25, 0.3) is 10.9 Å². The lowest BCUT2D eigenvalue weighted by atomic mass is 10.2. The third-order valence-electron chi connectivity index (χ3n) is 3.96. The number of methoxy groups -OCH3 is 1. The molecule has 0 aliphatic carbocycles. The van der Waals surface area contributed by atoms with Crippen LogP contribution in [-0.2, 0) is 9.47 Å². The number of nitrogens with zero attached hydrogens (tertiary/aromatic N) is 2. The van der Waals surface area contributed by atoms with Crippen molar-refractivity contribution in [3.8, 4) is 5.75 Å². The van der Waals surface area contributed by atoms with Gasteiger partial charge in [-0.2, -0.15) is 0 Å². The highest BCUT2D eigenvalue weighted by Crippen LogP contribution is 2.26.